The first kappa shape index (κ1) is 17.3. The molecule has 0 aliphatic carbocycles. The Kier molecular flexibility index (Phi) is 4.11. The number of aromatic amines is 1. The predicted octanol–water partition coefficient (Wildman–Crippen LogP) is 6.96. The van der Waals surface area contributed by atoms with Gasteiger partial charge in [0.05, 0.1) is 10.6 Å². The summed E-state index contributed by atoms with van der Waals surface area (Å²) in [6.07, 6.45) is 1.92. The summed E-state index contributed by atoms with van der Waals surface area (Å²) in [7, 11) is 0. The zero-order chi connectivity index (χ0) is 19.3. The number of benzene rings is 3. The van der Waals surface area contributed by atoms with Gasteiger partial charge in [0.2, 0.25) is 5.78 Å². The second kappa shape index (κ2) is 6.66. The van der Waals surface area contributed by atoms with E-state index in [0.29, 0.717) is 15.5 Å². The minimum absolute atomic E-state index is 0.0298. The van der Waals surface area contributed by atoms with Crippen LogP contribution in [0.25, 0.3) is 28.2 Å². The highest BCUT2D eigenvalue weighted by atomic mass is 35.5. The Morgan fingerprint density at radius 2 is 1.79 bits per heavy atom. The fourth-order valence-corrected chi connectivity index (χ4v) is 4.64. The molecule has 0 unspecified atom stereocenters. The van der Waals surface area contributed by atoms with Crippen LogP contribution in [-0.4, -0.2) is 10.8 Å². The second-order valence-electron chi connectivity index (χ2n) is 6.55. The average molecular weight is 406 g/mol. The van der Waals surface area contributed by atoms with Crippen molar-refractivity contribution in [3.05, 3.63) is 93.6 Å². The van der Waals surface area contributed by atoms with Gasteiger partial charge in [-0.15, -0.1) is 0 Å². The van der Waals surface area contributed by atoms with E-state index in [0.717, 1.165) is 32.6 Å². The van der Waals surface area contributed by atoms with Crippen LogP contribution < -0.4 is 0 Å². The third-order valence-corrected chi connectivity index (χ3v) is 6.12. The van der Waals surface area contributed by atoms with Gasteiger partial charge in [0, 0.05) is 31.9 Å². The molecule has 0 bridgehead atoms. The molecule has 1 aromatic heterocycles. The Morgan fingerprint density at radius 1 is 1.00 bits per heavy atom. The van der Waals surface area contributed by atoms with Crippen LogP contribution in [-0.2, 0) is 0 Å². The van der Waals surface area contributed by atoms with Gasteiger partial charge in [-0.3, -0.25) is 4.79 Å². The van der Waals surface area contributed by atoms with Crippen molar-refractivity contribution in [2.75, 3.05) is 0 Å². The number of carbonyl (C=O) groups excluding carboxylic acids is 1. The van der Waals surface area contributed by atoms with Gasteiger partial charge in [0.25, 0.3) is 0 Å². The molecule has 0 saturated carbocycles. The van der Waals surface area contributed by atoms with Gasteiger partial charge in [-0.1, -0.05) is 41.6 Å². The topological polar surface area (TPSA) is 32.9 Å². The molecule has 1 N–H and O–H groups in total. The summed E-state index contributed by atoms with van der Waals surface area (Å²) in [6, 6.07) is 19.6. The molecule has 0 saturated heterocycles. The Bertz CT molecular complexity index is 1270. The van der Waals surface area contributed by atoms with E-state index in [2.05, 4.69) is 4.98 Å². The maximum absolute atomic E-state index is 13.4. The number of Topliss-reactive ketones (excluding diaryl/α,β-unsaturated/α-hetero) is 1. The highest BCUT2D eigenvalue weighted by Crippen LogP contribution is 2.43. The number of thioether (sulfide) groups is 1. The summed E-state index contributed by atoms with van der Waals surface area (Å²) in [5.74, 6) is -0.313. The fraction of sp³-hybridized carbons (Fsp3) is 0. The van der Waals surface area contributed by atoms with Gasteiger partial charge >= 0.3 is 0 Å². The quantitative estimate of drug-likeness (QED) is 0.366. The van der Waals surface area contributed by atoms with Gasteiger partial charge in [0.1, 0.15) is 5.82 Å². The molecule has 136 valence electrons. The molecule has 28 heavy (non-hydrogen) atoms. The van der Waals surface area contributed by atoms with Crippen molar-refractivity contribution in [2.45, 2.75) is 4.90 Å². The van der Waals surface area contributed by atoms with Crippen LogP contribution in [0.5, 0.6) is 0 Å². The lowest BCUT2D eigenvalue weighted by Crippen LogP contribution is -1.94. The summed E-state index contributed by atoms with van der Waals surface area (Å²) in [5.41, 5.74) is 4.23. The molecule has 5 rings (SSSR count). The molecule has 0 spiro atoms. The van der Waals surface area contributed by atoms with E-state index in [1.165, 1.54) is 23.9 Å². The molecule has 5 heteroatoms. The van der Waals surface area contributed by atoms with Crippen molar-refractivity contribution in [1.82, 2.24) is 4.98 Å². The van der Waals surface area contributed by atoms with Crippen molar-refractivity contribution in [1.29, 1.82) is 0 Å². The van der Waals surface area contributed by atoms with Crippen molar-refractivity contribution in [2.24, 2.45) is 0 Å². The van der Waals surface area contributed by atoms with Gasteiger partial charge in [-0.25, -0.2) is 4.39 Å². The Hall–Kier alpha value is -2.82. The molecule has 2 nitrogen and oxygen atoms in total. The zero-order valence-corrected chi connectivity index (χ0v) is 16.1. The number of fused-ring (bicyclic) bond motifs is 2. The van der Waals surface area contributed by atoms with Crippen LogP contribution in [0.15, 0.2) is 76.5 Å². The van der Waals surface area contributed by atoms with Crippen LogP contribution in [0.4, 0.5) is 4.39 Å². The summed E-state index contributed by atoms with van der Waals surface area (Å²) in [5, 5.41) is 1.56. The molecule has 0 fully saturated rings. The van der Waals surface area contributed by atoms with E-state index in [4.69, 9.17) is 11.6 Å². The molecule has 0 amide bonds. The van der Waals surface area contributed by atoms with Crippen LogP contribution >= 0.6 is 23.4 Å². The first-order valence-corrected chi connectivity index (χ1v) is 9.90. The molecule has 0 atom stereocenters. The van der Waals surface area contributed by atoms with Crippen LogP contribution in [0.1, 0.15) is 15.9 Å². The van der Waals surface area contributed by atoms with Gasteiger partial charge in [-0.05, 0) is 60.2 Å². The highest BCUT2D eigenvalue weighted by Gasteiger charge is 2.27. The normalized spacial score (nSPS) is 14.8. The minimum atomic E-state index is -0.284. The summed E-state index contributed by atoms with van der Waals surface area (Å²) >= 11 is 7.50. The number of halogens is 2. The summed E-state index contributed by atoms with van der Waals surface area (Å²) in [6.45, 7) is 0. The third-order valence-electron chi connectivity index (χ3n) is 4.78. The van der Waals surface area contributed by atoms with Crippen LogP contribution in [0.2, 0.25) is 5.02 Å². The lowest BCUT2D eigenvalue weighted by Gasteiger charge is -2.03. The van der Waals surface area contributed by atoms with E-state index < -0.39 is 0 Å². The second-order valence-corrected chi connectivity index (χ2v) is 8.07. The van der Waals surface area contributed by atoms with Gasteiger partial charge in [0.15, 0.2) is 0 Å². The summed E-state index contributed by atoms with van der Waals surface area (Å²) in [4.78, 5) is 17.9. The van der Waals surface area contributed by atoms with E-state index in [9.17, 15) is 9.18 Å². The molecule has 3 aromatic carbocycles. The lowest BCUT2D eigenvalue weighted by atomic mass is 10.0. The Balaban J connectivity index is 1.69. The van der Waals surface area contributed by atoms with Crippen LogP contribution in [0, 0.1) is 5.82 Å². The van der Waals surface area contributed by atoms with E-state index >= 15 is 0 Å². The fourth-order valence-electron chi connectivity index (χ4n) is 3.45. The van der Waals surface area contributed by atoms with Gasteiger partial charge in [-0.2, -0.15) is 0 Å². The van der Waals surface area contributed by atoms with E-state index in [-0.39, 0.29) is 11.6 Å². The number of aromatic nitrogens is 1. The number of hydrogen-bond donors (Lipinski definition) is 1. The van der Waals surface area contributed by atoms with Crippen molar-refractivity contribution in [3.8, 4) is 11.3 Å². The number of allylic oxidation sites excluding steroid dienone is 1. The highest BCUT2D eigenvalue weighted by molar-refractivity contribution is 8.04. The maximum atomic E-state index is 13.4. The largest absolute Gasteiger partial charge is 0.354 e. The van der Waals surface area contributed by atoms with E-state index in [1.54, 1.807) is 24.3 Å². The Morgan fingerprint density at radius 3 is 2.61 bits per heavy atom. The van der Waals surface area contributed by atoms with Crippen molar-refractivity contribution >= 4 is 46.1 Å². The number of nitrogens with one attached hydrogen (secondary N) is 1. The monoisotopic (exact) mass is 405 g/mol. The number of para-hydroxylation sites is 1. The minimum Gasteiger partial charge on any atom is -0.354 e. The average Bonchev–Trinajstić information content (AvgIpc) is 3.21. The maximum Gasteiger partial charge on any atom is 0.200 e. The standard InChI is InChI=1S/C23H13ClFNOS/c24-14-7-10-20-18(11-14)23(27)21(28-20)12-17-16-3-1-2-4-19(16)26-22(17)13-5-8-15(25)9-6-13/h1-12,26H/b21-12-. The first-order chi connectivity index (χ1) is 13.6. The van der Waals surface area contributed by atoms with Crippen molar-refractivity contribution in [3.63, 3.8) is 0 Å². The van der Waals surface area contributed by atoms with E-state index in [1.807, 2.05) is 36.4 Å². The number of hydrogen-bond acceptors (Lipinski definition) is 2. The predicted molar refractivity (Wildman–Crippen MR) is 113 cm³/mol. The SMILES string of the molecule is O=C1/C(=C/c2c(-c3ccc(F)cc3)[nH]c3ccccc23)Sc2ccc(Cl)cc21. The number of rotatable bonds is 2. The van der Waals surface area contributed by atoms with Gasteiger partial charge < -0.3 is 4.98 Å². The first-order valence-electron chi connectivity index (χ1n) is 8.70. The zero-order valence-electron chi connectivity index (χ0n) is 14.5. The molecule has 2 heterocycles. The molecule has 1 aliphatic rings. The van der Waals surface area contributed by atoms with Crippen LogP contribution in [0.3, 0.4) is 0 Å². The number of H-pyrrole nitrogens is 1. The molecule has 0 radical (unpaired) electrons. The van der Waals surface area contributed by atoms with Crippen molar-refractivity contribution < 1.29 is 9.18 Å². The number of carbonyl (C=O) groups is 1. The lowest BCUT2D eigenvalue weighted by molar-refractivity contribution is 0.104. The number of ketones is 1. The Labute approximate surface area is 170 Å². The molecule has 1 aliphatic heterocycles. The third kappa shape index (κ3) is 2.86. The smallest absolute Gasteiger partial charge is 0.200 e. The molecule has 4 aromatic rings. The molecular formula is C23H13ClFNOS. The summed E-state index contributed by atoms with van der Waals surface area (Å²) < 4.78 is 13.4. The molecular weight excluding hydrogens is 393 g/mol.